The molecule has 0 bridgehead atoms. The SMILES string of the molecule is COCCn1cnc2c(Nc3ccc4sc(C)nc4c3)ncnc21. The van der Waals surface area contributed by atoms with Crippen LogP contribution in [-0.4, -0.2) is 38.2 Å². The Morgan fingerprint density at radius 1 is 1.25 bits per heavy atom. The van der Waals surface area contributed by atoms with Crippen LogP contribution in [0.2, 0.25) is 0 Å². The van der Waals surface area contributed by atoms with Gasteiger partial charge < -0.3 is 14.6 Å². The highest BCUT2D eigenvalue weighted by Gasteiger charge is 2.11. The highest BCUT2D eigenvalue weighted by atomic mass is 32.1. The van der Waals surface area contributed by atoms with Crippen LogP contribution >= 0.6 is 11.3 Å². The number of thiazole rings is 1. The number of nitrogens with one attached hydrogen (secondary N) is 1. The molecule has 0 radical (unpaired) electrons. The molecule has 8 heteroatoms. The van der Waals surface area contributed by atoms with Gasteiger partial charge in [-0.2, -0.15) is 0 Å². The van der Waals surface area contributed by atoms with Gasteiger partial charge in [0.2, 0.25) is 0 Å². The topological polar surface area (TPSA) is 77.8 Å². The molecule has 7 nitrogen and oxygen atoms in total. The van der Waals surface area contributed by atoms with Gasteiger partial charge in [0.1, 0.15) is 6.33 Å². The van der Waals surface area contributed by atoms with E-state index in [0.717, 1.165) is 27.4 Å². The number of methoxy groups -OCH3 is 1. The summed E-state index contributed by atoms with van der Waals surface area (Å²) in [5, 5.41) is 4.38. The standard InChI is InChI=1S/C16H16N6OS/c1-10-20-12-7-11(3-4-13(12)24-10)21-15-14-16(18-8-17-15)22(9-19-14)5-6-23-2/h3-4,7-9H,5-6H2,1-2H3,(H,17,18,21). The molecule has 0 unspecified atom stereocenters. The molecule has 24 heavy (non-hydrogen) atoms. The summed E-state index contributed by atoms with van der Waals surface area (Å²) in [5.41, 5.74) is 3.44. The van der Waals surface area contributed by atoms with Gasteiger partial charge in [0.05, 0.1) is 28.2 Å². The number of anilines is 2. The van der Waals surface area contributed by atoms with E-state index >= 15 is 0 Å². The van der Waals surface area contributed by atoms with Crippen molar-refractivity contribution in [3.8, 4) is 0 Å². The second kappa shape index (κ2) is 6.14. The summed E-state index contributed by atoms with van der Waals surface area (Å²) in [6.45, 7) is 3.32. The summed E-state index contributed by atoms with van der Waals surface area (Å²) < 4.78 is 8.25. The molecule has 122 valence electrons. The van der Waals surface area contributed by atoms with Gasteiger partial charge in [-0.1, -0.05) is 0 Å². The average molecular weight is 340 g/mol. The first-order chi connectivity index (χ1) is 11.7. The molecule has 0 saturated heterocycles. The van der Waals surface area contributed by atoms with E-state index < -0.39 is 0 Å². The van der Waals surface area contributed by atoms with E-state index in [9.17, 15) is 0 Å². The highest BCUT2D eigenvalue weighted by molar-refractivity contribution is 7.18. The third-order valence-electron chi connectivity index (χ3n) is 3.69. The van der Waals surface area contributed by atoms with Gasteiger partial charge in [-0.3, -0.25) is 0 Å². The van der Waals surface area contributed by atoms with Gasteiger partial charge in [0, 0.05) is 19.3 Å². The first kappa shape index (κ1) is 15.0. The minimum absolute atomic E-state index is 0.609. The highest BCUT2D eigenvalue weighted by Crippen LogP contribution is 2.27. The first-order valence-corrected chi connectivity index (χ1v) is 8.35. The summed E-state index contributed by atoms with van der Waals surface area (Å²) in [7, 11) is 1.68. The zero-order chi connectivity index (χ0) is 16.5. The van der Waals surface area contributed by atoms with Crippen molar-refractivity contribution < 1.29 is 4.74 Å². The molecular formula is C16H16N6OS. The Bertz CT molecular complexity index is 1010. The quantitative estimate of drug-likeness (QED) is 0.601. The molecule has 3 aromatic heterocycles. The van der Waals surface area contributed by atoms with Crippen LogP contribution in [0.15, 0.2) is 30.9 Å². The minimum atomic E-state index is 0.609. The Balaban J connectivity index is 1.68. The lowest BCUT2D eigenvalue weighted by Gasteiger charge is -2.06. The number of ether oxygens (including phenoxy) is 1. The van der Waals surface area contributed by atoms with Crippen molar-refractivity contribution in [1.82, 2.24) is 24.5 Å². The van der Waals surface area contributed by atoms with E-state index in [1.54, 1.807) is 31.1 Å². The lowest BCUT2D eigenvalue weighted by Crippen LogP contribution is -2.04. The van der Waals surface area contributed by atoms with Crippen molar-refractivity contribution in [3.63, 3.8) is 0 Å². The maximum absolute atomic E-state index is 5.12. The van der Waals surface area contributed by atoms with Crippen LogP contribution < -0.4 is 5.32 Å². The third-order valence-corrected chi connectivity index (χ3v) is 4.65. The van der Waals surface area contributed by atoms with Crippen molar-refractivity contribution >= 4 is 44.2 Å². The van der Waals surface area contributed by atoms with Crippen LogP contribution in [0.4, 0.5) is 11.5 Å². The number of aromatic nitrogens is 5. The fourth-order valence-corrected chi connectivity index (χ4v) is 3.39. The molecule has 0 saturated carbocycles. The molecule has 1 aromatic carbocycles. The predicted molar refractivity (Wildman–Crippen MR) is 94.8 cm³/mol. The summed E-state index contributed by atoms with van der Waals surface area (Å²) >= 11 is 1.69. The van der Waals surface area contributed by atoms with E-state index in [0.29, 0.717) is 19.0 Å². The molecular weight excluding hydrogens is 324 g/mol. The van der Waals surface area contributed by atoms with Gasteiger partial charge in [-0.25, -0.2) is 19.9 Å². The number of nitrogens with zero attached hydrogens (tertiary/aromatic N) is 5. The molecule has 0 atom stereocenters. The number of aryl methyl sites for hydroxylation is 1. The molecule has 4 rings (SSSR count). The Labute approximate surface area is 142 Å². The van der Waals surface area contributed by atoms with Crippen molar-refractivity contribution in [3.05, 3.63) is 35.9 Å². The molecule has 0 spiro atoms. The normalized spacial score (nSPS) is 11.4. The Morgan fingerprint density at radius 3 is 3.04 bits per heavy atom. The minimum Gasteiger partial charge on any atom is -0.383 e. The molecule has 4 aromatic rings. The number of hydrogen-bond acceptors (Lipinski definition) is 7. The second-order valence-corrected chi connectivity index (χ2v) is 6.60. The van der Waals surface area contributed by atoms with E-state index in [1.807, 2.05) is 23.6 Å². The zero-order valence-electron chi connectivity index (χ0n) is 13.4. The predicted octanol–water partition coefficient (Wildman–Crippen LogP) is 3.13. The zero-order valence-corrected chi connectivity index (χ0v) is 14.2. The monoisotopic (exact) mass is 340 g/mol. The fraction of sp³-hybridized carbons (Fsp3) is 0.250. The van der Waals surface area contributed by atoms with E-state index in [-0.39, 0.29) is 0 Å². The molecule has 0 aliphatic heterocycles. The second-order valence-electron chi connectivity index (χ2n) is 5.37. The average Bonchev–Trinajstić information content (AvgIpc) is 3.15. The van der Waals surface area contributed by atoms with Crippen molar-refractivity contribution in [1.29, 1.82) is 0 Å². The van der Waals surface area contributed by atoms with Crippen LogP contribution in [-0.2, 0) is 11.3 Å². The van der Waals surface area contributed by atoms with Crippen LogP contribution in [0.25, 0.3) is 21.4 Å². The van der Waals surface area contributed by atoms with Crippen LogP contribution in [0, 0.1) is 6.92 Å². The van der Waals surface area contributed by atoms with Crippen molar-refractivity contribution in [2.45, 2.75) is 13.5 Å². The summed E-state index contributed by atoms with van der Waals surface area (Å²) in [4.78, 5) is 17.6. The molecule has 3 heterocycles. The molecule has 0 amide bonds. The van der Waals surface area contributed by atoms with Gasteiger partial charge >= 0.3 is 0 Å². The summed E-state index contributed by atoms with van der Waals surface area (Å²) in [6.07, 6.45) is 3.30. The van der Waals surface area contributed by atoms with Gasteiger partial charge in [-0.15, -0.1) is 11.3 Å². The molecule has 1 N–H and O–H groups in total. The first-order valence-electron chi connectivity index (χ1n) is 7.53. The van der Waals surface area contributed by atoms with Crippen LogP contribution in [0.3, 0.4) is 0 Å². The summed E-state index contributed by atoms with van der Waals surface area (Å²) in [5.74, 6) is 0.683. The van der Waals surface area contributed by atoms with Crippen LogP contribution in [0.5, 0.6) is 0 Å². The van der Waals surface area contributed by atoms with Crippen molar-refractivity contribution in [2.24, 2.45) is 0 Å². The van der Waals surface area contributed by atoms with Gasteiger partial charge in [0.15, 0.2) is 17.0 Å². The molecule has 0 aliphatic carbocycles. The number of hydrogen-bond donors (Lipinski definition) is 1. The maximum Gasteiger partial charge on any atom is 0.165 e. The lowest BCUT2D eigenvalue weighted by atomic mass is 10.3. The Kier molecular flexibility index (Phi) is 3.83. The largest absolute Gasteiger partial charge is 0.383 e. The van der Waals surface area contributed by atoms with Crippen molar-refractivity contribution in [2.75, 3.05) is 19.0 Å². The smallest absolute Gasteiger partial charge is 0.165 e. The number of imidazole rings is 1. The number of rotatable bonds is 5. The van der Waals surface area contributed by atoms with E-state index in [1.165, 1.54) is 4.70 Å². The van der Waals surface area contributed by atoms with Gasteiger partial charge in [0.25, 0.3) is 0 Å². The Morgan fingerprint density at radius 2 is 2.17 bits per heavy atom. The molecule has 0 fully saturated rings. The van der Waals surface area contributed by atoms with E-state index in [2.05, 4.69) is 31.3 Å². The van der Waals surface area contributed by atoms with E-state index in [4.69, 9.17) is 4.74 Å². The third kappa shape index (κ3) is 2.70. The summed E-state index contributed by atoms with van der Waals surface area (Å²) in [6, 6.07) is 6.11. The number of benzene rings is 1. The maximum atomic E-state index is 5.12. The number of fused-ring (bicyclic) bond motifs is 2. The fourth-order valence-electron chi connectivity index (χ4n) is 2.58. The lowest BCUT2D eigenvalue weighted by molar-refractivity contribution is 0.188. The van der Waals surface area contributed by atoms with Crippen LogP contribution in [0.1, 0.15) is 5.01 Å². The molecule has 0 aliphatic rings. The van der Waals surface area contributed by atoms with Gasteiger partial charge in [-0.05, 0) is 25.1 Å². The Hall–Kier alpha value is -2.58.